The van der Waals surface area contributed by atoms with Crippen LogP contribution in [0.15, 0.2) is 47.4 Å². The summed E-state index contributed by atoms with van der Waals surface area (Å²) in [4.78, 5) is 23.4. The molecule has 1 unspecified atom stereocenters. The van der Waals surface area contributed by atoms with Gasteiger partial charge in [0.25, 0.3) is 15.9 Å². The summed E-state index contributed by atoms with van der Waals surface area (Å²) in [7, 11) is -2.30. The quantitative estimate of drug-likeness (QED) is 0.454. The Kier molecular flexibility index (Phi) is 5.15. The molecule has 0 radical (unpaired) electrons. The van der Waals surface area contributed by atoms with E-state index in [1.165, 1.54) is 41.9 Å². The smallest absolute Gasteiger partial charge is 0.274 e. The van der Waals surface area contributed by atoms with Crippen LogP contribution in [0, 0.1) is 0 Å². The number of sulfonamides is 1. The molecule has 2 amide bonds. The highest BCUT2D eigenvalue weighted by Crippen LogP contribution is 2.35. The summed E-state index contributed by atoms with van der Waals surface area (Å²) in [5.41, 5.74) is 3.67. The lowest BCUT2D eigenvalue weighted by Gasteiger charge is -2.13. The standard InChI is InChI=1S/C18H19N3O5S/c1-19-18(23)15-9-5-11-4-8-14(10-16(11)15)27(25,26)21-13-6-2-12(3-7-13)17(22)20-24/h2-4,6-8,10,15,21,24H,5,9H2,1H3,(H,19,23)(H,20,22). The maximum absolute atomic E-state index is 12.7. The van der Waals surface area contributed by atoms with Gasteiger partial charge in [0.2, 0.25) is 5.91 Å². The van der Waals surface area contributed by atoms with Crippen molar-refractivity contribution in [2.24, 2.45) is 0 Å². The van der Waals surface area contributed by atoms with Gasteiger partial charge in [-0.2, -0.15) is 0 Å². The van der Waals surface area contributed by atoms with Crippen molar-refractivity contribution in [2.75, 3.05) is 11.8 Å². The SMILES string of the molecule is CNC(=O)C1CCc2ccc(S(=O)(=O)Nc3ccc(C(=O)NO)cc3)cc21. The van der Waals surface area contributed by atoms with Crippen molar-refractivity contribution in [1.29, 1.82) is 0 Å². The molecule has 142 valence electrons. The molecule has 0 saturated carbocycles. The fraction of sp³-hybridized carbons (Fsp3) is 0.222. The number of hydrogen-bond acceptors (Lipinski definition) is 5. The zero-order chi connectivity index (χ0) is 19.6. The molecule has 0 heterocycles. The number of hydrogen-bond donors (Lipinski definition) is 4. The number of amides is 2. The van der Waals surface area contributed by atoms with Gasteiger partial charge >= 0.3 is 0 Å². The fourth-order valence-electron chi connectivity index (χ4n) is 3.16. The molecule has 1 atom stereocenters. The van der Waals surface area contributed by atoms with E-state index in [1.807, 2.05) is 0 Å². The van der Waals surface area contributed by atoms with E-state index in [1.54, 1.807) is 13.1 Å². The Morgan fingerprint density at radius 2 is 1.81 bits per heavy atom. The number of benzene rings is 2. The minimum absolute atomic E-state index is 0.0641. The first-order valence-corrected chi connectivity index (χ1v) is 9.76. The Hall–Kier alpha value is -2.91. The molecule has 27 heavy (non-hydrogen) atoms. The minimum Gasteiger partial charge on any atom is -0.359 e. The molecule has 9 heteroatoms. The van der Waals surface area contributed by atoms with Gasteiger partial charge in [-0.05, 0) is 60.4 Å². The molecule has 0 aromatic heterocycles. The molecule has 1 aliphatic carbocycles. The van der Waals surface area contributed by atoms with E-state index in [4.69, 9.17) is 5.21 Å². The topological polar surface area (TPSA) is 125 Å². The van der Waals surface area contributed by atoms with Crippen LogP contribution in [-0.4, -0.2) is 32.5 Å². The first-order valence-electron chi connectivity index (χ1n) is 8.27. The summed E-state index contributed by atoms with van der Waals surface area (Å²) in [5, 5.41) is 11.2. The summed E-state index contributed by atoms with van der Waals surface area (Å²) < 4.78 is 27.8. The number of carbonyl (C=O) groups excluding carboxylic acids is 2. The number of carbonyl (C=O) groups is 2. The van der Waals surface area contributed by atoms with Crippen molar-refractivity contribution in [3.63, 3.8) is 0 Å². The Balaban J connectivity index is 1.85. The average Bonchev–Trinajstić information content (AvgIpc) is 3.10. The van der Waals surface area contributed by atoms with Crippen LogP contribution >= 0.6 is 0 Å². The molecule has 0 saturated heterocycles. The van der Waals surface area contributed by atoms with E-state index in [0.717, 1.165) is 17.5 Å². The lowest BCUT2D eigenvalue weighted by atomic mass is 10.0. The van der Waals surface area contributed by atoms with Crippen LogP contribution < -0.4 is 15.5 Å². The Bertz CT molecular complexity index is 987. The highest BCUT2D eigenvalue weighted by atomic mass is 32.2. The largest absolute Gasteiger partial charge is 0.359 e. The van der Waals surface area contributed by atoms with Gasteiger partial charge in [-0.25, -0.2) is 13.9 Å². The van der Waals surface area contributed by atoms with Crippen molar-refractivity contribution in [2.45, 2.75) is 23.7 Å². The summed E-state index contributed by atoms with van der Waals surface area (Å²) in [6.07, 6.45) is 1.38. The maximum Gasteiger partial charge on any atom is 0.274 e. The Morgan fingerprint density at radius 1 is 1.11 bits per heavy atom. The number of rotatable bonds is 5. The van der Waals surface area contributed by atoms with Crippen molar-refractivity contribution >= 4 is 27.5 Å². The first kappa shape index (κ1) is 18.9. The van der Waals surface area contributed by atoms with Crippen molar-refractivity contribution in [3.05, 3.63) is 59.2 Å². The van der Waals surface area contributed by atoms with E-state index in [2.05, 4.69) is 10.0 Å². The number of aryl methyl sites for hydroxylation is 1. The number of likely N-dealkylation sites (N-methyl/N-ethyl adjacent to an activating group) is 1. The maximum atomic E-state index is 12.7. The normalized spacial score (nSPS) is 15.7. The van der Waals surface area contributed by atoms with Crippen LogP contribution in [0.2, 0.25) is 0 Å². The summed E-state index contributed by atoms with van der Waals surface area (Å²) in [5.74, 6) is -1.17. The molecule has 2 aromatic rings. The van der Waals surface area contributed by atoms with Gasteiger partial charge in [-0.15, -0.1) is 0 Å². The van der Waals surface area contributed by atoms with Crippen LogP contribution in [0.3, 0.4) is 0 Å². The van der Waals surface area contributed by atoms with Crippen LogP contribution in [-0.2, 0) is 21.2 Å². The van der Waals surface area contributed by atoms with Crippen LogP contribution in [0.1, 0.15) is 33.8 Å². The van der Waals surface area contributed by atoms with Gasteiger partial charge < -0.3 is 5.32 Å². The molecule has 3 rings (SSSR count). The van der Waals surface area contributed by atoms with E-state index in [9.17, 15) is 18.0 Å². The fourth-order valence-corrected chi connectivity index (χ4v) is 4.26. The average molecular weight is 389 g/mol. The molecule has 0 bridgehead atoms. The third kappa shape index (κ3) is 3.79. The molecule has 0 spiro atoms. The first-order chi connectivity index (χ1) is 12.9. The number of hydroxylamine groups is 1. The zero-order valence-electron chi connectivity index (χ0n) is 14.5. The second-order valence-corrected chi connectivity index (χ2v) is 7.87. The predicted molar refractivity (Wildman–Crippen MR) is 98.1 cm³/mol. The van der Waals surface area contributed by atoms with Gasteiger partial charge in [0.1, 0.15) is 0 Å². The lowest BCUT2D eigenvalue weighted by Crippen LogP contribution is -2.24. The molecule has 0 aliphatic heterocycles. The van der Waals surface area contributed by atoms with Gasteiger partial charge in [0.05, 0.1) is 10.8 Å². The van der Waals surface area contributed by atoms with Crippen LogP contribution in [0.5, 0.6) is 0 Å². The summed E-state index contributed by atoms with van der Waals surface area (Å²) in [6, 6.07) is 10.4. The number of fused-ring (bicyclic) bond motifs is 1. The van der Waals surface area contributed by atoms with E-state index in [0.29, 0.717) is 6.42 Å². The van der Waals surface area contributed by atoms with E-state index < -0.39 is 15.9 Å². The van der Waals surface area contributed by atoms with Crippen molar-refractivity contribution in [1.82, 2.24) is 10.8 Å². The van der Waals surface area contributed by atoms with E-state index in [-0.39, 0.29) is 28.0 Å². The van der Waals surface area contributed by atoms with Crippen molar-refractivity contribution < 1.29 is 23.2 Å². The summed E-state index contributed by atoms with van der Waals surface area (Å²) >= 11 is 0. The molecular weight excluding hydrogens is 370 g/mol. The molecule has 1 aliphatic rings. The predicted octanol–water partition coefficient (Wildman–Crippen LogP) is 1.38. The molecule has 4 N–H and O–H groups in total. The van der Waals surface area contributed by atoms with E-state index >= 15 is 0 Å². The number of nitrogens with one attached hydrogen (secondary N) is 3. The second-order valence-electron chi connectivity index (χ2n) is 6.19. The molecule has 8 nitrogen and oxygen atoms in total. The lowest BCUT2D eigenvalue weighted by molar-refractivity contribution is -0.122. The third-order valence-corrected chi connectivity index (χ3v) is 5.95. The second kappa shape index (κ2) is 7.37. The monoisotopic (exact) mass is 389 g/mol. The molecule has 2 aromatic carbocycles. The van der Waals surface area contributed by atoms with Gasteiger partial charge in [0, 0.05) is 18.3 Å². The van der Waals surface area contributed by atoms with Crippen molar-refractivity contribution in [3.8, 4) is 0 Å². The third-order valence-electron chi connectivity index (χ3n) is 4.57. The Labute approximate surface area is 156 Å². The van der Waals surface area contributed by atoms with Crippen LogP contribution in [0.4, 0.5) is 5.69 Å². The van der Waals surface area contributed by atoms with Crippen LogP contribution in [0.25, 0.3) is 0 Å². The van der Waals surface area contributed by atoms with Gasteiger partial charge in [-0.3, -0.25) is 19.5 Å². The highest BCUT2D eigenvalue weighted by molar-refractivity contribution is 7.92. The van der Waals surface area contributed by atoms with Gasteiger partial charge in [-0.1, -0.05) is 6.07 Å². The van der Waals surface area contributed by atoms with Gasteiger partial charge in [0.15, 0.2) is 0 Å². The zero-order valence-corrected chi connectivity index (χ0v) is 15.3. The Morgan fingerprint density at radius 3 is 2.44 bits per heavy atom. The molecule has 0 fully saturated rings. The molecular formula is C18H19N3O5S. The number of anilines is 1. The highest BCUT2D eigenvalue weighted by Gasteiger charge is 2.29. The minimum atomic E-state index is -3.86. The summed E-state index contributed by atoms with van der Waals surface area (Å²) in [6.45, 7) is 0.